The molecule has 224 valence electrons. The summed E-state index contributed by atoms with van der Waals surface area (Å²) in [4.78, 5) is 56.1. The number of carbonyl (C=O) groups is 4. The zero-order valence-corrected chi connectivity index (χ0v) is 25.5. The molecule has 1 aliphatic rings. The highest BCUT2D eigenvalue weighted by molar-refractivity contribution is 5.94. The summed E-state index contributed by atoms with van der Waals surface area (Å²) >= 11 is 0. The lowest BCUT2D eigenvalue weighted by molar-refractivity contribution is -0.146. The first-order valence-corrected chi connectivity index (χ1v) is 14.7. The summed E-state index contributed by atoms with van der Waals surface area (Å²) < 4.78 is 0. The molecule has 1 heterocycles. The van der Waals surface area contributed by atoms with Crippen molar-refractivity contribution in [2.24, 2.45) is 11.1 Å². The van der Waals surface area contributed by atoms with E-state index in [2.05, 4.69) is 10.6 Å². The van der Waals surface area contributed by atoms with Crippen LogP contribution in [0.1, 0.15) is 65.9 Å². The Labute approximate surface area is 244 Å². The summed E-state index contributed by atoms with van der Waals surface area (Å²) in [5, 5.41) is 7.89. The van der Waals surface area contributed by atoms with Crippen molar-refractivity contribution in [2.45, 2.75) is 84.3 Å². The molecule has 4 amide bonds. The highest BCUT2D eigenvalue weighted by Crippen LogP contribution is 2.30. The quantitative estimate of drug-likeness (QED) is 0.365. The number of carbonyl (C=O) groups excluding carboxylic acids is 4. The van der Waals surface area contributed by atoms with Crippen LogP contribution in [0.5, 0.6) is 0 Å². The van der Waals surface area contributed by atoms with Crippen molar-refractivity contribution in [1.82, 2.24) is 20.4 Å². The van der Waals surface area contributed by atoms with Gasteiger partial charge in [0.2, 0.25) is 23.6 Å². The topological polar surface area (TPSA) is 125 Å². The van der Waals surface area contributed by atoms with E-state index in [0.29, 0.717) is 19.4 Å². The number of hydrogen-bond acceptors (Lipinski definition) is 5. The highest BCUT2D eigenvalue weighted by atomic mass is 16.2. The molecule has 9 nitrogen and oxygen atoms in total. The molecule has 0 aliphatic carbocycles. The SMILES string of the molecule is CCCC(C)(C)C(=O)N1CCCC1C(=O)N[C@H](Cc1ccc2ccccc2c1)C(=O)N(C)CCNC(=O)C(C)(C)N. The minimum atomic E-state index is -1.02. The first-order valence-electron chi connectivity index (χ1n) is 14.7. The molecular weight excluding hydrogens is 518 g/mol. The first-order chi connectivity index (χ1) is 19.2. The number of likely N-dealkylation sites (N-methyl/N-ethyl adjacent to an activating group) is 1. The van der Waals surface area contributed by atoms with Gasteiger partial charge in [0.05, 0.1) is 5.54 Å². The third kappa shape index (κ3) is 8.28. The molecule has 1 saturated heterocycles. The summed E-state index contributed by atoms with van der Waals surface area (Å²) in [5.74, 6) is -0.912. The van der Waals surface area contributed by atoms with Gasteiger partial charge in [-0.2, -0.15) is 0 Å². The molecular formula is C32H47N5O4. The Kier molecular flexibility index (Phi) is 10.5. The molecule has 0 bridgehead atoms. The Morgan fingerprint density at radius 3 is 2.41 bits per heavy atom. The molecule has 0 radical (unpaired) electrons. The molecule has 2 aromatic rings. The van der Waals surface area contributed by atoms with Crippen molar-refractivity contribution in [3.63, 3.8) is 0 Å². The number of rotatable bonds is 12. The number of amides is 4. The van der Waals surface area contributed by atoms with Gasteiger partial charge in [0.25, 0.3) is 0 Å². The Morgan fingerprint density at radius 2 is 1.76 bits per heavy atom. The molecule has 0 saturated carbocycles. The smallest absolute Gasteiger partial charge is 0.245 e. The molecule has 2 atom stereocenters. The van der Waals surface area contributed by atoms with E-state index in [1.807, 2.05) is 63.2 Å². The van der Waals surface area contributed by atoms with Gasteiger partial charge >= 0.3 is 0 Å². The van der Waals surface area contributed by atoms with Crippen molar-refractivity contribution >= 4 is 34.4 Å². The Hall–Kier alpha value is -3.46. The Balaban J connectivity index is 1.79. The lowest BCUT2D eigenvalue weighted by Gasteiger charge is -2.33. The highest BCUT2D eigenvalue weighted by Gasteiger charge is 2.41. The summed E-state index contributed by atoms with van der Waals surface area (Å²) in [7, 11) is 1.65. The zero-order valence-electron chi connectivity index (χ0n) is 25.5. The molecule has 1 unspecified atom stereocenters. The van der Waals surface area contributed by atoms with Gasteiger partial charge in [-0.25, -0.2) is 0 Å². The van der Waals surface area contributed by atoms with Gasteiger partial charge in [-0.3, -0.25) is 19.2 Å². The monoisotopic (exact) mass is 565 g/mol. The standard InChI is InChI=1S/C32H47N5O4/c1-7-16-31(2,3)30(41)37-18-10-13-26(37)27(38)35-25(21-22-14-15-23-11-8-9-12-24(23)20-22)28(39)36(6)19-17-34-29(40)32(4,5)33/h8-9,11-12,14-15,20,25-26H,7,10,13,16-19,21,33H2,1-6H3,(H,34,40)(H,35,38)/t25-,26?/m1/s1. The van der Waals surface area contributed by atoms with E-state index in [4.69, 9.17) is 5.73 Å². The Morgan fingerprint density at radius 1 is 1.07 bits per heavy atom. The second-order valence-corrected chi connectivity index (χ2v) is 12.5. The van der Waals surface area contributed by atoms with E-state index >= 15 is 0 Å². The molecule has 3 rings (SSSR count). The van der Waals surface area contributed by atoms with Crippen molar-refractivity contribution in [1.29, 1.82) is 0 Å². The van der Waals surface area contributed by atoms with Crippen LogP contribution in [-0.4, -0.2) is 77.7 Å². The van der Waals surface area contributed by atoms with E-state index < -0.39 is 23.0 Å². The molecule has 41 heavy (non-hydrogen) atoms. The lowest BCUT2D eigenvalue weighted by atomic mass is 9.86. The summed E-state index contributed by atoms with van der Waals surface area (Å²) in [6.45, 7) is 10.2. The third-order valence-electron chi connectivity index (χ3n) is 7.83. The summed E-state index contributed by atoms with van der Waals surface area (Å²) in [5.41, 5.74) is 5.19. The minimum absolute atomic E-state index is 0.0231. The van der Waals surface area contributed by atoms with Crippen LogP contribution < -0.4 is 16.4 Å². The number of hydrogen-bond donors (Lipinski definition) is 3. The Bertz CT molecular complexity index is 1250. The maximum absolute atomic E-state index is 13.7. The van der Waals surface area contributed by atoms with E-state index in [0.717, 1.165) is 35.6 Å². The molecule has 0 aromatic heterocycles. The lowest BCUT2D eigenvalue weighted by Crippen LogP contribution is -2.56. The average molecular weight is 566 g/mol. The predicted octanol–water partition coefficient (Wildman–Crippen LogP) is 3.00. The number of nitrogens with zero attached hydrogens (tertiary/aromatic N) is 2. The van der Waals surface area contributed by atoms with Crippen LogP contribution in [0.2, 0.25) is 0 Å². The van der Waals surface area contributed by atoms with Gasteiger partial charge in [0.1, 0.15) is 12.1 Å². The van der Waals surface area contributed by atoms with Crippen LogP contribution in [-0.2, 0) is 25.6 Å². The average Bonchev–Trinajstić information content (AvgIpc) is 3.41. The molecule has 1 aliphatic heterocycles. The van der Waals surface area contributed by atoms with Gasteiger partial charge in [-0.1, -0.05) is 69.7 Å². The number of nitrogens with two attached hydrogens (primary N) is 1. The maximum atomic E-state index is 13.7. The fraction of sp³-hybridized carbons (Fsp3) is 0.562. The van der Waals surface area contributed by atoms with Crippen molar-refractivity contribution in [2.75, 3.05) is 26.7 Å². The normalized spacial score (nSPS) is 16.4. The fourth-order valence-electron chi connectivity index (χ4n) is 5.41. The number of likely N-dealkylation sites (tertiary alicyclic amines) is 1. The molecule has 2 aromatic carbocycles. The predicted molar refractivity (Wildman–Crippen MR) is 162 cm³/mol. The van der Waals surface area contributed by atoms with E-state index in [1.54, 1.807) is 25.8 Å². The van der Waals surface area contributed by atoms with Crippen LogP contribution in [0.25, 0.3) is 10.8 Å². The second kappa shape index (κ2) is 13.5. The van der Waals surface area contributed by atoms with Crippen molar-refractivity contribution in [3.8, 4) is 0 Å². The molecule has 0 spiro atoms. The zero-order chi connectivity index (χ0) is 30.4. The fourth-order valence-corrected chi connectivity index (χ4v) is 5.41. The van der Waals surface area contributed by atoms with E-state index in [1.165, 1.54) is 4.90 Å². The largest absolute Gasteiger partial charge is 0.353 e. The van der Waals surface area contributed by atoms with Gasteiger partial charge < -0.3 is 26.2 Å². The van der Waals surface area contributed by atoms with Gasteiger partial charge in [-0.05, 0) is 49.4 Å². The molecule has 4 N–H and O–H groups in total. The van der Waals surface area contributed by atoms with Gasteiger partial charge in [-0.15, -0.1) is 0 Å². The number of nitrogens with one attached hydrogen (secondary N) is 2. The van der Waals surface area contributed by atoms with Crippen LogP contribution in [0, 0.1) is 5.41 Å². The van der Waals surface area contributed by atoms with Crippen LogP contribution in [0.3, 0.4) is 0 Å². The van der Waals surface area contributed by atoms with Gasteiger partial charge in [0, 0.05) is 38.5 Å². The molecule has 1 fully saturated rings. The first kappa shape index (κ1) is 32.1. The number of fused-ring (bicyclic) bond motifs is 1. The maximum Gasteiger partial charge on any atom is 0.245 e. The van der Waals surface area contributed by atoms with Crippen molar-refractivity contribution < 1.29 is 19.2 Å². The van der Waals surface area contributed by atoms with Crippen LogP contribution in [0.4, 0.5) is 0 Å². The summed E-state index contributed by atoms with van der Waals surface area (Å²) in [6, 6.07) is 12.5. The molecule has 9 heteroatoms. The van der Waals surface area contributed by atoms with Crippen LogP contribution in [0.15, 0.2) is 42.5 Å². The van der Waals surface area contributed by atoms with Crippen molar-refractivity contribution in [3.05, 3.63) is 48.0 Å². The van der Waals surface area contributed by atoms with E-state index in [-0.39, 0.29) is 36.7 Å². The summed E-state index contributed by atoms with van der Waals surface area (Å²) in [6.07, 6.45) is 3.22. The third-order valence-corrected chi connectivity index (χ3v) is 7.83. The minimum Gasteiger partial charge on any atom is -0.353 e. The van der Waals surface area contributed by atoms with Gasteiger partial charge in [0.15, 0.2) is 0 Å². The van der Waals surface area contributed by atoms with E-state index in [9.17, 15) is 19.2 Å². The number of benzene rings is 2. The second-order valence-electron chi connectivity index (χ2n) is 12.5. The van der Waals surface area contributed by atoms with Crippen LogP contribution >= 0.6 is 0 Å².